The quantitative estimate of drug-likeness (QED) is 0.818. The number of aliphatic hydroxyl groups is 2. The SMILES string of the molecule is CN(C)CC1CC(O)CN1c1ncc(F)cc1CO. The van der Waals surface area contributed by atoms with Crippen LogP contribution in [0.25, 0.3) is 0 Å². The number of likely N-dealkylation sites (N-methyl/N-ethyl adjacent to an activating group) is 1. The molecule has 6 heteroatoms. The van der Waals surface area contributed by atoms with E-state index >= 15 is 0 Å². The van der Waals surface area contributed by atoms with Crippen LogP contribution in [0.5, 0.6) is 0 Å². The molecule has 1 saturated heterocycles. The topological polar surface area (TPSA) is 59.8 Å². The monoisotopic (exact) mass is 269 g/mol. The lowest BCUT2D eigenvalue weighted by molar-refractivity contribution is 0.191. The number of hydrogen-bond donors (Lipinski definition) is 2. The van der Waals surface area contributed by atoms with Crippen molar-refractivity contribution in [3.8, 4) is 0 Å². The van der Waals surface area contributed by atoms with Crippen LogP contribution in [0, 0.1) is 5.82 Å². The summed E-state index contributed by atoms with van der Waals surface area (Å²) in [5.41, 5.74) is 0.456. The van der Waals surface area contributed by atoms with E-state index in [9.17, 15) is 14.6 Å². The second-order valence-corrected chi connectivity index (χ2v) is 5.25. The van der Waals surface area contributed by atoms with Crippen LogP contribution in [-0.2, 0) is 6.61 Å². The highest BCUT2D eigenvalue weighted by Crippen LogP contribution is 2.27. The van der Waals surface area contributed by atoms with Gasteiger partial charge in [-0.3, -0.25) is 0 Å². The van der Waals surface area contributed by atoms with Crippen molar-refractivity contribution in [2.45, 2.75) is 25.2 Å². The smallest absolute Gasteiger partial charge is 0.142 e. The highest BCUT2D eigenvalue weighted by Gasteiger charge is 2.33. The van der Waals surface area contributed by atoms with Crippen LogP contribution in [0.4, 0.5) is 10.2 Å². The fourth-order valence-corrected chi connectivity index (χ4v) is 2.59. The van der Waals surface area contributed by atoms with Crippen molar-refractivity contribution in [1.29, 1.82) is 0 Å². The predicted octanol–water partition coefficient (Wildman–Crippen LogP) is 0.214. The maximum Gasteiger partial charge on any atom is 0.142 e. The van der Waals surface area contributed by atoms with Crippen LogP contribution in [0.15, 0.2) is 12.3 Å². The van der Waals surface area contributed by atoms with Crippen LogP contribution in [0.2, 0.25) is 0 Å². The first-order valence-corrected chi connectivity index (χ1v) is 6.36. The summed E-state index contributed by atoms with van der Waals surface area (Å²) >= 11 is 0. The van der Waals surface area contributed by atoms with E-state index in [2.05, 4.69) is 4.98 Å². The van der Waals surface area contributed by atoms with Crippen molar-refractivity contribution in [3.05, 3.63) is 23.6 Å². The Balaban J connectivity index is 2.28. The van der Waals surface area contributed by atoms with E-state index in [0.29, 0.717) is 24.3 Å². The van der Waals surface area contributed by atoms with Crippen molar-refractivity contribution in [2.24, 2.45) is 0 Å². The number of aromatic nitrogens is 1. The molecule has 2 N–H and O–H groups in total. The largest absolute Gasteiger partial charge is 0.392 e. The summed E-state index contributed by atoms with van der Waals surface area (Å²) in [5, 5.41) is 19.2. The van der Waals surface area contributed by atoms with Crippen molar-refractivity contribution in [3.63, 3.8) is 0 Å². The third kappa shape index (κ3) is 3.20. The molecule has 1 aromatic rings. The predicted molar refractivity (Wildman–Crippen MR) is 70.4 cm³/mol. The molecule has 0 aromatic carbocycles. The molecular weight excluding hydrogens is 249 g/mol. The van der Waals surface area contributed by atoms with Crippen LogP contribution in [0.3, 0.4) is 0 Å². The molecule has 106 valence electrons. The normalized spacial score (nSPS) is 23.4. The summed E-state index contributed by atoms with van der Waals surface area (Å²) in [5.74, 6) is 0.101. The van der Waals surface area contributed by atoms with Gasteiger partial charge in [0, 0.05) is 24.7 Å². The van der Waals surface area contributed by atoms with Gasteiger partial charge in [0.2, 0.25) is 0 Å². The molecule has 2 heterocycles. The zero-order chi connectivity index (χ0) is 14.0. The van der Waals surface area contributed by atoms with Gasteiger partial charge < -0.3 is 20.0 Å². The van der Waals surface area contributed by atoms with Gasteiger partial charge in [0.1, 0.15) is 11.6 Å². The summed E-state index contributed by atoms with van der Waals surface area (Å²) in [6.45, 7) is 0.979. The van der Waals surface area contributed by atoms with Gasteiger partial charge in [0.05, 0.1) is 18.9 Å². The van der Waals surface area contributed by atoms with Crippen LogP contribution >= 0.6 is 0 Å². The van der Waals surface area contributed by atoms with E-state index in [0.717, 1.165) is 12.7 Å². The molecule has 1 aliphatic rings. The summed E-state index contributed by atoms with van der Waals surface area (Å²) in [6, 6.07) is 1.41. The fraction of sp³-hybridized carbons (Fsp3) is 0.615. The highest BCUT2D eigenvalue weighted by atomic mass is 19.1. The Morgan fingerprint density at radius 2 is 2.26 bits per heavy atom. The molecule has 1 fully saturated rings. The molecule has 2 atom stereocenters. The Labute approximate surface area is 112 Å². The minimum absolute atomic E-state index is 0.119. The minimum Gasteiger partial charge on any atom is -0.392 e. The molecule has 1 aliphatic heterocycles. The lowest BCUT2D eigenvalue weighted by Crippen LogP contribution is -2.38. The van der Waals surface area contributed by atoms with Crippen molar-refractivity contribution in [1.82, 2.24) is 9.88 Å². The molecular formula is C13H20FN3O2. The molecule has 0 amide bonds. The fourth-order valence-electron chi connectivity index (χ4n) is 2.59. The molecule has 0 saturated carbocycles. The standard InChI is InChI=1S/C13H20FN3O2/c1-16(2)6-11-4-12(19)7-17(11)13-9(8-18)3-10(14)5-15-13/h3,5,11-12,18-19H,4,6-8H2,1-2H3. The van der Waals surface area contributed by atoms with Gasteiger partial charge >= 0.3 is 0 Å². The number of halogens is 1. The average Bonchev–Trinajstić information content (AvgIpc) is 2.69. The van der Waals surface area contributed by atoms with E-state index in [1.165, 1.54) is 6.07 Å². The maximum atomic E-state index is 13.2. The van der Waals surface area contributed by atoms with Crippen LogP contribution in [-0.4, -0.2) is 59.4 Å². The van der Waals surface area contributed by atoms with Gasteiger partial charge in [-0.25, -0.2) is 9.37 Å². The first-order chi connectivity index (χ1) is 9.01. The zero-order valence-corrected chi connectivity index (χ0v) is 11.3. The number of anilines is 1. The third-order valence-electron chi connectivity index (χ3n) is 3.32. The molecule has 0 radical (unpaired) electrons. The van der Waals surface area contributed by atoms with Crippen molar-refractivity contribution >= 4 is 5.82 Å². The van der Waals surface area contributed by atoms with Gasteiger partial charge in [-0.05, 0) is 26.6 Å². The Morgan fingerprint density at radius 3 is 2.89 bits per heavy atom. The van der Waals surface area contributed by atoms with E-state index in [-0.39, 0.29) is 12.6 Å². The second kappa shape index (κ2) is 5.81. The minimum atomic E-state index is -0.461. The highest BCUT2D eigenvalue weighted by molar-refractivity contribution is 5.49. The Bertz CT molecular complexity index is 442. The number of hydrogen-bond acceptors (Lipinski definition) is 5. The second-order valence-electron chi connectivity index (χ2n) is 5.25. The summed E-state index contributed by atoms with van der Waals surface area (Å²) < 4.78 is 13.2. The maximum absolute atomic E-state index is 13.2. The molecule has 2 rings (SSSR count). The van der Waals surface area contributed by atoms with E-state index in [1.54, 1.807) is 0 Å². The lowest BCUT2D eigenvalue weighted by atomic mass is 10.2. The molecule has 1 aromatic heterocycles. The summed E-state index contributed by atoms with van der Waals surface area (Å²) in [7, 11) is 3.93. The molecule has 0 bridgehead atoms. The summed E-state index contributed by atoms with van der Waals surface area (Å²) in [6.07, 6.45) is 1.39. The molecule has 19 heavy (non-hydrogen) atoms. The van der Waals surface area contributed by atoms with Crippen LogP contribution < -0.4 is 4.90 Å². The number of aliphatic hydroxyl groups excluding tert-OH is 2. The van der Waals surface area contributed by atoms with E-state index in [4.69, 9.17) is 0 Å². The third-order valence-corrected chi connectivity index (χ3v) is 3.32. The molecule has 0 spiro atoms. The first kappa shape index (κ1) is 14.2. The van der Waals surface area contributed by atoms with E-state index in [1.807, 2.05) is 23.9 Å². The van der Waals surface area contributed by atoms with Gasteiger partial charge in [-0.1, -0.05) is 0 Å². The molecule has 0 aliphatic carbocycles. The number of rotatable bonds is 4. The lowest BCUT2D eigenvalue weighted by Gasteiger charge is -2.29. The van der Waals surface area contributed by atoms with Crippen molar-refractivity contribution < 1.29 is 14.6 Å². The summed E-state index contributed by atoms with van der Waals surface area (Å²) in [4.78, 5) is 8.08. The Morgan fingerprint density at radius 1 is 1.53 bits per heavy atom. The number of pyridine rings is 1. The van der Waals surface area contributed by atoms with Gasteiger partial charge in [-0.2, -0.15) is 0 Å². The number of β-amino-alcohol motifs (C(OH)–C–C–N with tert-alkyl or cyclic N) is 1. The van der Waals surface area contributed by atoms with Crippen molar-refractivity contribution in [2.75, 3.05) is 32.1 Å². The Hall–Kier alpha value is -1.24. The van der Waals surface area contributed by atoms with Gasteiger partial charge in [0.15, 0.2) is 0 Å². The van der Waals surface area contributed by atoms with Gasteiger partial charge in [0.25, 0.3) is 0 Å². The average molecular weight is 269 g/mol. The zero-order valence-electron chi connectivity index (χ0n) is 11.3. The molecule has 2 unspecified atom stereocenters. The molecule has 5 nitrogen and oxygen atoms in total. The first-order valence-electron chi connectivity index (χ1n) is 6.36. The van der Waals surface area contributed by atoms with Gasteiger partial charge in [-0.15, -0.1) is 0 Å². The van der Waals surface area contributed by atoms with E-state index < -0.39 is 11.9 Å². The van der Waals surface area contributed by atoms with Crippen LogP contribution in [0.1, 0.15) is 12.0 Å². The Kier molecular flexibility index (Phi) is 4.34. The number of nitrogens with zero attached hydrogens (tertiary/aromatic N) is 3.